The zero-order valence-electron chi connectivity index (χ0n) is 12.3. The smallest absolute Gasteiger partial charge is 0.240 e. The van der Waals surface area contributed by atoms with E-state index >= 15 is 0 Å². The summed E-state index contributed by atoms with van der Waals surface area (Å²) in [7, 11) is -3.46. The van der Waals surface area contributed by atoms with Crippen LogP contribution in [0.2, 0.25) is 0 Å². The third-order valence-electron chi connectivity index (χ3n) is 3.15. The third-order valence-corrected chi connectivity index (χ3v) is 4.76. The van der Waals surface area contributed by atoms with Gasteiger partial charge in [-0.2, -0.15) is 0 Å². The van der Waals surface area contributed by atoms with Crippen LogP contribution < -0.4 is 15.8 Å². The molecule has 0 spiro atoms. The minimum Gasteiger partial charge on any atom is -0.329 e. The molecule has 0 heterocycles. The van der Waals surface area contributed by atoms with Crippen LogP contribution in [0.15, 0.2) is 35.2 Å². The molecule has 0 bridgehead atoms. The summed E-state index contributed by atoms with van der Waals surface area (Å²) in [5.74, 6) is 0.415. The van der Waals surface area contributed by atoms with Gasteiger partial charge in [0.1, 0.15) is 0 Å². The first-order chi connectivity index (χ1) is 9.36. The molecule has 0 saturated carbocycles. The summed E-state index contributed by atoms with van der Waals surface area (Å²) >= 11 is 0. The topological polar surface area (TPSA) is 84.2 Å². The van der Waals surface area contributed by atoms with E-state index in [1.165, 1.54) is 0 Å². The Morgan fingerprint density at radius 3 is 2.25 bits per heavy atom. The van der Waals surface area contributed by atoms with Gasteiger partial charge in [0.25, 0.3) is 0 Å². The molecule has 0 aliphatic rings. The Morgan fingerprint density at radius 1 is 1.15 bits per heavy atom. The third kappa shape index (κ3) is 5.20. The predicted molar refractivity (Wildman–Crippen MR) is 81.9 cm³/mol. The van der Waals surface area contributed by atoms with Gasteiger partial charge in [-0.25, -0.2) is 13.1 Å². The van der Waals surface area contributed by atoms with Gasteiger partial charge in [0.05, 0.1) is 4.90 Å². The fraction of sp³-hybridized carbons (Fsp3) is 0.571. The van der Waals surface area contributed by atoms with Crippen molar-refractivity contribution in [1.29, 1.82) is 0 Å². The number of benzene rings is 1. The van der Waals surface area contributed by atoms with E-state index in [0.29, 0.717) is 19.0 Å². The Hall–Kier alpha value is -0.950. The molecule has 0 fully saturated rings. The number of hydrogen-bond donors (Lipinski definition) is 3. The van der Waals surface area contributed by atoms with Crippen LogP contribution in [0.3, 0.4) is 0 Å². The van der Waals surface area contributed by atoms with Crippen LogP contribution in [-0.4, -0.2) is 33.6 Å². The van der Waals surface area contributed by atoms with Crippen molar-refractivity contribution in [3.63, 3.8) is 0 Å². The molecule has 2 atom stereocenters. The quantitative estimate of drug-likeness (QED) is 0.666. The number of nitrogens with two attached hydrogens (primary N) is 1. The van der Waals surface area contributed by atoms with Gasteiger partial charge in [-0.3, -0.25) is 0 Å². The van der Waals surface area contributed by atoms with Crippen LogP contribution in [0.25, 0.3) is 0 Å². The van der Waals surface area contributed by atoms with Crippen molar-refractivity contribution in [3.8, 4) is 0 Å². The molecule has 0 aliphatic carbocycles. The first kappa shape index (κ1) is 17.1. The highest BCUT2D eigenvalue weighted by Crippen LogP contribution is 2.08. The van der Waals surface area contributed by atoms with E-state index < -0.39 is 10.0 Å². The molecule has 0 saturated heterocycles. The largest absolute Gasteiger partial charge is 0.329 e. The van der Waals surface area contributed by atoms with Crippen molar-refractivity contribution in [2.24, 2.45) is 11.7 Å². The maximum atomic E-state index is 12.1. The van der Waals surface area contributed by atoms with Gasteiger partial charge in [-0.05, 0) is 25.0 Å². The minimum atomic E-state index is -3.46. The molecule has 0 aromatic heterocycles. The van der Waals surface area contributed by atoms with Crippen molar-refractivity contribution in [3.05, 3.63) is 30.3 Å². The second-order valence-corrected chi connectivity index (χ2v) is 7.04. The van der Waals surface area contributed by atoms with Crippen molar-refractivity contribution < 1.29 is 8.42 Å². The molecule has 0 radical (unpaired) electrons. The van der Waals surface area contributed by atoms with Crippen LogP contribution >= 0.6 is 0 Å². The SMILES string of the molecule is CC(C)C(CN)NC[C@H](C)NS(=O)(=O)c1ccccc1. The summed E-state index contributed by atoms with van der Waals surface area (Å²) in [6, 6.07) is 8.37. The van der Waals surface area contributed by atoms with Gasteiger partial charge in [0, 0.05) is 25.2 Å². The monoisotopic (exact) mass is 299 g/mol. The lowest BCUT2D eigenvalue weighted by atomic mass is 10.0. The van der Waals surface area contributed by atoms with Gasteiger partial charge in [-0.15, -0.1) is 0 Å². The second kappa shape index (κ2) is 7.73. The standard InChI is InChI=1S/C14H25N3O2S/c1-11(2)14(9-15)16-10-12(3)17-20(18,19)13-7-5-4-6-8-13/h4-8,11-12,14,16-17H,9-10,15H2,1-3H3/t12-,14?/m0/s1. The van der Waals surface area contributed by atoms with Crippen LogP contribution in [0.4, 0.5) is 0 Å². The second-order valence-electron chi connectivity index (χ2n) is 5.33. The van der Waals surface area contributed by atoms with Crippen LogP contribution in [0, 0.1) is 5.92 Å². The zero-order valence-corrected chi connectivity index (χ0v) is 13.2. The Bertz CT molecular complexity index is 488. The molecule has 1 unspecified atom stereocenters. The van der Waals surface area contributed by atoms with Crippen molar-refractivity contribution in [2.75, 3.05) is 13.1 Å². The Labute approximate surface area is 122 Å². The van der Waals surface area contributed by atoms with Gasteiger partial charge in [0.2, 0.25) is 10.0 Å². The van der Waals surface area contributed by atoms with Crippen LogP contribution in [-0.2, 0) is 10.0 Å². The fourth-order valence-electron chi connectivity index (χ4n) is 1.89. The Balaban J connectivity index is 2.56. The Morgan fingerprint density at radius 2 is 1.75 bits per heavy atom. The lowest BCUT2D eigenvalue weighted by molar-refractivity contribution is 0.391. The molecular formula is C14H25N3O2S. The van der Waals surface area contributed by atoms with E-state index in [1.807, 2.05) is 6.92 Å². The lowest BCUT2D eigenvalue weighted by Gasteiger charge is -2.23. The predicted octanol–water partition coefficient (Wildman–Crippen LogP) is 0.926. The lowest BCUT2D eigenvalue weighted by Crippen LogP contribution is -2.47. The number of nitrogens with one attached hydrogen (secondary N) is 2. The molecule has 4 N–H and O–H groups in total. The van der Waals surface area contributed by atoms with Crippen molar-refractivity contribution in [2.45, 2.75) is 37.8 Å². The van der Waals surface area contributed by atoms with E-state index in [1.54, 1.807) is 30.3 Å². The Kier molecular flexibility index (Phi) is 6.61. The summed E-state index contributed by atoms with van der Waals surface area (Å²) in [5.41, 5.74) is 5.68. The summed E-state index contributed by atoms with van der Waals surface area (Å²) in [5, 5.41) is 3.29. The summed E-state index contributed by atoms with van der Waals surface area (Å²) in [6.07, 6.45) is 0. The van der Waals surface area contributed by atoms with E-state index in [4.69, 9.17) is 5.73 Å². The molecule has 1 rings (SSSR count). The molecular weight excluding hydrogens is 274 g/mol. The molecule has 0 amide bonds. The fourth-order valence-corrected chi connectivity index (χ4v) is 3.16. The molecule has 1 aromatic rings. The number of sulfonamides is 1. The number of rotatable bonds is 8. The first-order valence-corrected chi connectivity index (χ1v) is 8.36. The van der Waals surface area contributed by atoms with E-state index in [-0.39, 0.29) is 17.0 Å². The molecule has 0 aliphatic heterocycles. The number of hydrogen-bond acceptors (Lipinski definition) is 4. The molecule has 20 heavy (non-hydrogen) atoms. The summed E-state index contributed by atoms with van der Waals surface area (Å²) < 4.78 is 26.9. The highest BCUT2D eigenvalue weighted by atomic mass is 32.2. The van der Waals surface area contributed by atoms with Crippen LogP contribution in [0.1, 0.15) is 20.8 Å². The minimum absolute atomic E-state index is 0.193. The molecule has 1 aromatic carbocycles. The van der Waals surface area contributed by atoms with Crippen molar-refractivity contribution in [1.82, 2.24) is 10.0 Å². The molecule has 6 heteroatoms. The maximum absolute atomic E-state index is 12.1. The normalized spacial score (nSPS) is 15.2. The van der Waals surface area contributed by atoms with Gasteiger partial charge in [0.15, 0.2) is 0 Å². The average molecular weight is 299 g/mol. The van der Waals surface area contributed by atoms with Gasteiger partial charge >= 0.3 is 0 Å². The van der Waals surface area contributed by atoms with Gasteiger partial charge < -0.3 is 11.1 Å². The molecule has 114 valence electrons. The highest BCUT2D eigenvalue weighted by molar-refractivity contribution is 7.89. The van der Waals surface area contributed by atoms with Crippen molar-refractivity contribution >= 4 is 10.0 Å². The van der Waals surface area contributed by atoms with E-state index in [9.17, 15) is 8.42 Å². The van der Waals surface area contributed by atoms with Gasteiger partial charge in [-0.1, -0.05) is 32.0 Å². The summed E-state index contributed by atoms with van der Waals surface area (Å²) in [4.78, 5) is 0.283. The average Bonchev–Trinajstić information content (AvgIpc) is 2.39. The maximum Gasteiger partial charge on any atom is 0.240 e. The van der Waals surface area contributed by atoms with E-state index in [0.717, 1.165) is 0 Å². The highest BCUT2D eigenvalue weighted by Gasteiger charge is 2.18. The zero-order chi connectivity index (χ0) is 15.2. The van der Waals surface area contributed by atoms with E-state index in [2.05, 4.69) is 23.9 Å². The summed E-state index contributed by atoms with van der Waals surface area (Å²) in [6.45, 7) is 7.09. The first-order valence-electron chi connectivity index (χ1n) is 6.87. The molecule has 5 nitrogen and oxygen atoms in total. The van der Waals surface area contributed by atoms with Crippen LogP contribution in [0.5, 0.6) is 0 Å².